The van der Waals surface area contributed by atoms with Crippen molar-refractivity contribution in [1.82, 2.24) is 0 Å². The number of rotatable bonds is 4. The third-order valence-corrected chi connectivity index (χ3v) is 6.17. The number of ether oxygens (including phenoxy) is 1. The van der Waals surface area contributed by atoms with Gasteiger partial charge in [-0.1, -0.05) is 24.3 Å². The van der Waals surface area contributed by atoms with E-state index in [1.807, 2.05) is 0 Å². The highest BCUT2D eigenvalue weighted by Gasteiger charge is 2.36. The Balaban J connectivity index is 1.86. The van der Waals surface area contributed by atoms with E-state index in [-0.39, 0.29) is 27.8 Å². The van der Waals surface area contributed by atoms with Crippen molar-refractivity contribution in [3.8, 4) is 5.75 Å². The molecule has 156 valence electrons. The van der Waals surface area contributed by atoms with Crippen LogP contribution in [-0.2, 0) is 9.84 Å². The van der Waals surface area contributed by atoms with Crippen LogP contribution in [-0.4, -0.2) is 39.3 Å². The molecule has 0 aromatic heterocycles. The summed E-state index contributed by atoms with van der Waals surface area (Å²) in [7, 11) is -2.53. The van der Waals surface area contributed by atoms with Crippen LogP contribution in [0.15, 0.2) is 65.6 Å². The van der Waals surface area contributed by atoms with E-state index in [1.165, 1.54) is 31.4 Å². The molecule has 0 radical (unpaired) electrons. The number of nitrogens with one attached hydrogen (secondary N) is 1. The van der Waals surface area contributed by atoms with E-state index < -0.39 is 32.2 Å². The number of carbonyl (C=O) groups is 3. The molecule has 7 nitrogen and oxygen atoms in total. The van der Waals surface area contributed by atoms with Gasteiger partial charge in [-0.05, 0) is 36.4 Å². The van der Waals surface area contributed by atoms with Crippen molar-refractivity contribution in [1.29, 1.82) is 0 Å². The van der Waals surface area contributed by atoms with Crippen LogP contribution in [0, 0.1) is 0 Å². The fourth-order valence-electron chi connectivity index (χ4n) is 3.59. The van der Waals surface area contributed by atoms with Crippen LogP contribution in [0.5, 0.6) is 5.75 Å². The first-order valence-corrected chi connectivity index (χ1v) is 11.1. The Kier molecular flexibility index (Phi) is 4.94. The van der Waals surface area contributed by atoms with E-state index >= 15 is 0 Å². The Labute approximate surface area is 178 Å². The molecule has 0 unspecified atom stereocenters. The summed E-state index contributed by atoms with van der Waals surface area (Å²) in [6.45, 7) is 0. The molecule has 1 aliphatic carbocycles. The van der Waals surface area contributed by atoms with Crippen LogP contribution in [0.2, 0.25) is 0 Å². The molecule has 1 amide bonds. The van der Waals surface area contributed by atoms with E-state index in [9.17, 15) is 22.8 Å². The summed E-state index contributed by atoms with van der Waals surface area (Å²) < 4.78 is 30.4. The molecule has 0 spiro atoms. The second kappa shape index (κ2) is 7.48. The molecule has 0 fully saturated rings. The number of sulfone groups is 1. The predicted octanol–water partition coefficient (Wildman–Crippen LogP) is 3.13. The fourth-order valence-corrected chi connectivity index (χ4v) is 4.73. The highest BCUT2D eigenvalue weighted by molar-refractivity contribution is 7.90. The van der Waals surface area contributed by atoms with Crippen LogP contribution in [0.1, 0.15) is 42.2 Å². The topological polar surface area (TPSA) is 107 Å². The highest BCUT2D eigenvalue weighted by atomic mass is 32.2. The lowest BCUT2D eigenvalue weighted by Gasteiger charge is -2.21. The normalized spacial score (nSPS) is 12.7. The van der Waals surface area contributed by atoms with E-state index in [4.69, 9.17) is 4.74 Å². The standard InChI is InChI=1S/C23H17NO6S/c1-30-14-9-7-13(8-10-14)24-23(27)18-12-11-17-19(22(18)31(2,28)29)21(26)16-6-4-3-5-15(16)20(17)25/h3-12H,1-2H3,(H,24,27). The number of benzene rings is 3. The summed E-state index contributed by atoms with van der Waals surface area (Å²) in [5, 5.41) is 2.62. The number of fused-ring (bicyclic) bond motifs is 2. The minimum atomic E-state index is -4.04. The summed E-state index contributed by atoms with van der Waals surface area (Å²) in [6, 6.07) is 15.3. The number of ketones is 2. The van der Waals surface area contributed by atoms with Crippen LogP contribution in [0.3, 0.4) is 0 Å². The van der Waals surface area contributed by atoms with Crippen LogP contribution in [0.25, 0.3) is 0 Å². The van der Waals surface area contributed by atoms with E-state index in [1.54, 1.807) is 36.4 Å². The van der Waals surface area contributed by atoms with Gasteiger partial charge in [-0.15, -0.1) is 0 Å². The van der Waals surface area contributed by atoms with Crippen LogP contribution >= 0.6 is 0 Å². The van der Waals surface area contributed by atoms with Crippen LogP contribution in [0.4, 0.5) is 5.69 Å². The summed E-state index contributed by atoms with van der Waals surface area (Å²) >= 11 is 0. The maximum absolute atomic E-state index is 13.2. The Hall–Kier alpha value is -3.78. The zero-order chi connectivity index (χ0) is 22.3. The van der Waals surface area contributed by atoms with Gasteiger partial charge in [0.2, 0.25) is 0 Å². The fraction of sp³-hybridized carbons (Fsp3) is 0.0870. The van der Waals surface area contributed by atoms with Gasteiger partial charge >= 0.3 is 0 Å². The molecule has 0 saturated carbocycles. The van der Waals surface area contributed by atoms with Crippen molar-refractivity contribution in [3.63, 3.8) is 0 Å². The molecular weight excluding hydrogens is 418 g/mol. The molecule has 0 saturated heterocycles. The highest BCUT2D eigenvalue weighted by Crippen LogP contribution is 2.34. The summed E-state index contributed by atoms with van der Waals surface area (Å²) in [5.41, 5.74) is 0.208. The number of hydrogen-bond donors (Lipinski definition) is 1. The lowest BCUT2D eigenvalue weighted by molar-refractivity contribution is 0.0974. The van der Waals surface area contributed by atoms with Crippen molar-refractivity contribution < 1.29 is 27.5 Å². The summed E-state index contributed by atoms with van der Waals surface area (Å²) in [5.74, 6) is -1.19. The van der Waals surface area contributed by atoms with Crippen molar-refractivity contribution in [3.05, 3.63) is 88.5 Å². The van der Waals surface area contributed by atoms with Gasteiger partial charge in [0, 0.05) is 28.6 Å². The molecular formula is C23H17NO6S. The Morgan fingerprint density at radius 2 is 1.45 bits per heavy atom. The maximum Gasteiger partial charge on any atom is 0.257 e. The molecule has 31 heavy (non-hydrogen) atoms. The quantitative estimate of drug-likeness (QED) is 0.528. The monoisotopic (exact) mass is 435 g/mol. The van der Waals surface area contributed by atoms with Gasteiger partial charge in [0.05, 0.1) is 23.1 Å². The molecule has 0 bridgehead atoms. The number of methoxy groups -OCH3 is 1. The SMILES string of the molecule is COc1ccc(NC(=O)c2ccc3c(c2S(C)(=O)=O)C(=O)c2ccccc2C3=O)cc1. The molecule has 0 heterocycles. The average molecular weight is 435 g/mol. The van der Waals surface area contributed by atoms with Gasteiger partial charge < -0.3 is 10.1 Å². The first-order valence-electron chi connectivity index (χ1n) is 9.23. The van der Waals surface area contributed by atoms with E-state index in [2.05, 4.69) is 5.32 Å². The largest absolute Gasteiger partial charge is 0.497 e. The third kappa shape index (κ3) is 3.51. The number of anilines is 1. The predicted molar refractivity (Wildman–Crippen MR) is 114 cm³/mol. The Morgan fingerprint density at radius 1 is 0.839 bits per heavy atom. The van der Waals surface area contributed by atoms with Gasteiger partial charge in [0.25, 0.3) is 5.91 Å². The minimum Gasteiger partial charge on any atom is -0.497 e. The second-order valence-electron chi connectivity index (χ2n) is 7.02. The minimum absolute atomic E-state index is 0.0369. The molecule has 1 aliphatic rings. The zero-order valence-electron chi connectivity index (χ0n) is 16.6. The second-order valence-corrected chi connectivity index (χ2v) is 8.98. The molecule has 0 atom stereocenters. The summed E-state index contributed by atoms with van der Waals surface area (Å²) in [6.07, 6.45) is 0.908. The molecule has 8 heteroatoms. The first-order chi connectivity index (χ1) is 14.7. The van der Waals surface area contributed by atoms with E-state index in [0.29, 0.717) is 11.4 Å². The number of carbonyl (C=O) groups excluding carboxylic acids is 3. The van der Waals surface area contributed by atoms with Crippen molar-refractivity contribution in [2.24, 2.45) is 0 Å². The first kappa shape index (κ1) is 20.5. The van der Waals surface area contributed by atoms with Crippen molar-refractivity contribution in [2.45, 2.75) is 4.90 Å². The smallest absolute Gasteiger partial charge is 0.257 e. The van der Waals surface area contributed by atoms with Gasteiger partial charge in [0.1, 0.15) is 5.75 Å². The zero-order valence-corrected chi connectivity index (χ0v) is 17.4. The van der Waals surface area contributed by atoms with Gasteiger partial charge in [-0.3, -0.25) is 14.4 Å². The number of amides is 1. The van der Waals surface area contributed by atoms with Crippen molar-refractivity contribution in [2.75, 3.05) is 18.7 Å². The molecule has 3 aromatic rings. The molecule has 1 N–H and O–H groups in total. The lowest BCUT2D eigenvalue weighted by Crippen LogP contribution is -2.26. The number of hydrogen-bond acceptors (Lipinski definition) is 6. The van der Waals surface area contributed by atoms with Crippen LogP contribution < -0.4 is 10.1 Å². The maximum atomic E-state index is 13.2. The average Bonchev–Trinajstić information content (AvgIpc) is 2.76. The van der Waals surface area contributed by atoms with Gasteiger partial charge in [0.15, 0.2) is 21.4 Å². The lowest BCUT2D eigenvalue weighted by atomic mass is 9.83. The van der Waals surface area contributed by atoms with Crippen molar-refractivity contribution >= 4 is 33.0 Å². The molecule has 0 aliphatic heterocycles. The van der Waals surface area contributed by atoms with Gasteiger partial charge in [-0.25, -0.2) is 8.42 Å². The Bertz CT molecular complexity index is 1360. The molecule has 4 rings (SSSR count). The van der Waals surface area contributed by atoms with E-state index in [0.717, 1.165) is 6.26 Å². The molecule has 3 aromatic carbocycles. The third-order valence-electron chi connectivity index (χ3n) is 5.01. The van der Waals surface area contributed by atoms with Gasteiger partial charge in [-0.2, -0.15) is 0 Å². The Morgan fingerprint density at radius 3 is 2.03 bits per heavy atom. The summed E-state index contributed by atoms with van der Waals surface area (Å²) in [4.78, 5) is 38.6.